The number of carboxylic acid groups (broad SMARTS) is 1. The summed E-state index contributed by atoms with van der Waals surface area (Å²) >= 11 is 0. The number of carbonyl (C=O) groups excluding carboxylic acids is 1. The quantitative estimate of drug-likeness (QED) is 0.792. The largest absolute Gasteiger partial charge is 0.481 e. The van der Waals surface area contributed by atoms with E-state index in [1.807, 2.05) is 26.0 Å². The number of carbonyl (C=O) groups is 2. The number of aliphatic carboxylic acids is 1. The van der Waals surface area contributed by atoms with Crippen LogP contribution in [-0.2, 0) is 11.2 Å². The van der Waals surface area contributed by atoms with E-state index >= 15 is 0 Å². The van der Waals surface area contributed by atoms with Gasteiger partial charge >= 0.3 is 12.0 Å². The Balaban J connectivity index is 2.22. The van der Waals surface area contributed by atoms with Crippen LogP contribution in [0.25, 0.3) is 5.82 Å². The van der Waals surface area contributed by atoms with Crippen molar-refractivity contribution in [2.45, 2.75) is 33.6 Å². The van der Waals surface area contributed by atoms with Crippen molar-refractivity contribution in [3.8, 4) is 5.82 Å². The molecule has 0 saturated carbocycles. The van der Waals surface area contributed by atoms with Gasteiger partial charge in [0.1, 0.15) is 0 Å². The van der Waals surface area contributed by atoms with Gasteiger partial charge in [-0.3, -0.25) is 4.79 Å². The Morgan fingerprint density at radius 3 is 2.77 bits per heavy atom. The van der Waals surface area contributed by atoms with Gasteiger partial charge in [-0.05, 0) is 31.0 Å². The van der Waals surface area contributed by atoms with Gasteiger partial charge in [0.25, 0.3) is 0 Å². The Morgan fingerprint density at radius 1 is 1.42 bits per heavy atom. The predicted octanol–water partition coefficient (Wildman–Crippen LogP) is 2.71. The van der Waals surface area contributed by atoms with Crippen LogP contribution in [0, 0.1) is 12.8 Å². The number of hydrogen-bond donors (Lipinski definition) is 2. The van der Waals surface area contributed by atoms with Crippen LogP contribution in [0.5, 0.6) is 0 Å². The van der Waals surface area contributed by atoms with E-state index < -0.39 is 11.9 Å². The number of nitrogens with zero attached hydrogens (tertiary/aromatic N) is 4. The number of hydrogen-bond acceptors (Lipinski definition) is 4. The molecule has 1 atom stereocenters. The van der Waals surface area contributed by atoms with E-state index in [0.29, 0.717) is 11.5 Å². The average Bonchev–Trinajstić information content (AvgIpc) is 2.97. The molecule has 26 heavy (non-hydrogen) atoms. The van der Waals surface area contributed by atoms with Gasteiger partial charge in [-0.25, -0.2) is 14.5 Å². The van der Waals surface area contributed by atoms with Crippen LogP contribution in [0.1, 0.15) is 31.5 Å². The standard InChI is InChI=1S/C18H25N5O3/c1-5-6-15-14(21-18(26)22(4)11-13(3)17(24)25)10-20-23(15)16-9-12(2)7-8-19-16/h7-10,13H,5-6,11H2,1-4H3,(H,21,26)(H,24,25). The lowest BCUT2D eigenvalue weighted by molar-refractivity contribution is -0.141. The molecule has 2 N–H and O–H groups in total. The molecule has 0 aliphatic carbocycles. The molecule has 0 aromatic carbocycles. The second-order valence-electron chi connectivity index (χ2n) is 6.41. The van der Waals surface area contributed by atoms with Crippen molar-refractivity contribution in [1.29, 1.82) is 0 Å². The smallest absolute Gasteiger partial charge is 0.321 e. The highest BCUT2D eigenvalue weighted by molar-refractivity contribution is 5.90. The minimum Gasteiger partial charge on any atom is -0.481 e. The van der Waals surface area contributed by atoms with Crippen molar-refractivity contribution < 1.29 is 14.7 Å². The van der Waals surface area contributed by atoms with Crippen molar-refractivity contribution in [3.63, 3.8) is 0 Å². The molecule has 0 fully saturated rings. The first-order valence-electron chi connectivity index (χ1n) is 8.58. The first-order valence-corrected chi connectivity index (χ1v) is 8.58. The Labute approximate surface area is 152 Å². The highest BCUT2D eigenvalue weighted by Crippen LogP contribution is 2.21. The van der Waals surface area contributed by atoms with Crippen LogP contribution < -0.4 is 5.32 Å². The zero-order chi connectivity index (χ0) is 19.3. The van der Waals surface area contributed by atoms with Crippen LogP contribution in [0.2, 0.25) is 0 Å². The molecule has 0 aliphatic heterocycles. The van der Waals surface area contributed by atoms with Gasteiger partial charge in [0.05, 0.1) is 23.5 Å². The third-order valence-electron chi connectivity index (χ3n) is 4.03. The minimum atomic E-state index is -0.935. The number of amides is 2. The molecule has 2 aromatic rings. The Hall–Kier alpha value is -2.90. The third kappa shape index (κ3) is 4.59. The summed E-state index contributed by atoms with van der Waals surface area (Å²) in [6.07, 6.45) is 4.93. The first kappa shape index (κ1) is 19.4. The van der Waals surface area contributed by atoms with Crippen LogP contribution >= 0.6 is 0 Å². The van der Waals surface area contributed by atoms with E-state index in [1.54, 1.807) is 31.0 Å². The topological polar surface area (TPSA) is 100 Å². The van der Waals surface area contributed by atoms with Crippen molar-refractivity contribution in [2.75, 3.05) is 18.9 Å². The fraction of sp³-hybridized carbons (Fsp3) is 0.444. The van der Waals surface area contributed by atoms with Gasteiger partial charge in [0.15, 0.2) is 5.82 Å². The molecule has 0 spiro atoms. The molecule has 140 valence electrons. The summed E-state index contributed by atoms with van der Waals surface area (Å²) in [5.41, 5.74) is 2.54. The lowest BCUT2D eigenvalue weighted by Crippen LogP contribution is -2.36. The number of urea groups is 1. The number of rotatable bonds is 7. The van der Waals surface area contributed by atoms with E-state index in [4.69, 9.17) is 5.11 Å². The summed E-state index contributed by atoms with van der Waals surface area (Å²) in [7, 11) is 1.57. The van der Waals surface area contributed by atoms with E-state index in [9.17, 15) is 9.59 Å². The second-order valence-corrected chi connectivity index (χ2v) is 6.41. The van der Waals surface area contributed by atoms with E-state index in [-0.39, 0.29) is 12.6 Å². The molecule has 8 heteroatoms. The Bertz CT molecular complexity index is 787. The predicted molar refractivity (Wildman–Crippen MR) is 98.5 cm³/mol. The number of anilines is 1. The molecule has 2 rings (SSSR count). The summed E-state index contributed by atoms with van der Waals surface area (Å²) in [5, 5.41) is 16.2. The van der Waals surface area contributed by atoms with Gasteiger partial charge in [-0.1, -0.05) is 20.3 Å². The van der Waals surface area contributed by atoms with Gasteiger partial charge in [-0.2, -0.15) is 5.10 Å². The second kappa shape index (κ2) is 8.46. The van der Waals surface area contributed by atoms with E-state index in [0.717, 1.165) is 24.1 Å². The summed E-state index contributed by atoms with van der Waals surface area (Å²) in [6.45, 7) is 5.72. The van der Waals surface area contributed by atoms with Gasteiger partial charge in [-0.15, -0.1) is 0 Å². The molecule has 2 heterocycles. The molecule has 2 aromatic heterocycles. The number of nitrogens with one attached hydrogen (secondary N) is 1. The lowest BCUT2D eigenvalue weighted by atomic mass is 10.2. The van der Waals surface area contributed by atoms with Crippen LogP contribution in [0.15, 0.2) is 24.5 Å². The fourth-order valence-electron chi connectivity index (χ4n) is 2.57. The summed E-state index contributed by atoms with van der Waals surface area (Å²) in [5.74, 6) is -0.878. The minimum absolute atomic E-state index is 0.123. The number of carboxylic acids is 1. The zero-order valence-corrected chi connectivity index (χ0v) is 15.6. The third-order valence-corrected chi connectivity index (χ3v) is 4.03. The van der Waals surface area contributed by atoms with Crippen LogP contribution in [0.4, 0.5) is 10.5 Å². The average molecular weight is 359 g/mol. The summed E-state index contributed by atoms with van der Waals surface area (Å²) in [6, 6.07) is 3.47. The molecule has 8 nitrogen and oxygen atoms in total. The molecule has 0 aliphatic rings. The molecule has 1 unspecified atom stereocenters. The van der Waals surface area contributed by atoms with Gasteiger partial charge < -0.3 is 15.3 Å². The van der Waals surface area contributed by atoms with Crippen LogP contribution in [0.3, 0.4) is 0 Å². The monoisotopic (exact) mass is 359 g/mol. The molecule has 0 saturated heterocycles. The van der Waals surface area contributed by atoms with Crippen molar-refractivity contribution >= 4 is 17.7 Å². The van der Waals surface area contributed by atoms with E-state index in [2.05, 4.69) is 15.4 Å². The fourth-order valence-corrected chi connectivity index (χ4v) is 2.57. The Kier molecular flexibility index (Phi) is 6.32. The zero-order valence-electron chi connectivity index (χ0n) is 15.6. The van der Waals surface area contributed by atoms with Gasteiger partial charge in [0.2, 0.25) is 0 Å². The summed E-state index contributed by atoms with van der Waals surface area (Å²) in [4.78, 5) is 29.1. The maximum Gasteiger partial charge on any atom is 0.321 e. The maximum absolute atomic E-state index is 12.4. The highest BCUT2D eigenvalue weighted by Gasteiger charge is 2.20. The van der Waals surface area contributed by atoms with Gasteiger partial charge in [0, 0.05) is 19.8 Å². The van der Waals surface area contributed by atoms with Crippen molar-refractivity contribution in [3.05, 3.63) is 35.8 Å². The first-order chi connectivity index (χ1) is 12.3. The van der Waals surface area contributed by atoms with Crippen LogP contribution in [-0.4, -0.2) is 50.4 Å². The normalized spacial score (nSPS) is 11.8. The Morgan fingerprint density at radius 2 is 2.15 bits per heavy atom. The van der Waals surface area contributed by atoms with E-state index in [1.165, 1.54) is 4.90 Å². The summed E-state index contributed by atoms with van der Waals surface area (Å²) < 4.78 is 1.73. The molecule has 0 bridgehead atoms. The number of aryl methyl sites for hydroxylation is 1. The SMILES string of the molecule is CCCc1c(NC(=O)N(C)CC(C)C(=O)O)cnn1-c1cc(C)ccn1. The molecule has 0 radical (unpaired) electrons. The lowest BCUT2D eigenvalue weighted by Gasteiger charge is -2.20. The van der Waals surface area contributed by atoms with Crippen molar-refractivity contribution in [2.24, 2.45) is 5.92 Å². The number of pyridine rings is 1. The molecular weight excluding hydrogens is 334 g/mol. The number of aromatic nitrogens is 3. The maximum atomic E-state index is 12.4. The molecular formula is C18H25N5O3. The molecule has 2 amide bonds. The highest BCUT2D eigenvalue weighted by atomic mass is 16.4. The van der Waals surface area contributed by atoms with Crippen molar-refractivity contribution in [1.82, 2.24) is 19.7 Å².